The lowest BCUT2D eigenvalue weighted by molar-refractivity contribution is -0.120. The van der Waals surface area contributed by atoms with Crippen LogP contribution in [0.1, 0.15) is 38.3 Å². The van der Waals surface area contributed by atoms with E-state index in [1.165, 1.54) is 0 Å². The molecule has 3 N–H and O–H groups in total. The minimum atomic E-state index is -0.657. The summed E-state index contributed by atoms with van der Waals surface area (Å²) in [6, 6.07) is 14.8. The summed E-state index contributed by atoms with van der Waals surface area (Å²) < 4.78 is 10.4. The molecule has 0 atom stereocenters. The molecule has 0 aliphatic rings. The van der Waals surface area contributed by atoms with Crippen LogP contribution in [0, 0.1) is 0 Å². The van der Waals surface area contributed by atoms with Crippen LogP contribution in [0.3, 0.4) is 0 Å². The molecule has 8 nitrogen and oxygen atoms in total. The topological polar surface area (TPSA) is 106 Å². The van der Waals surface area contributed by atoms with Crippen molar-refractivity contribution in [2.75, 3.05) is 19.0 Å². The van der Waals surface area contributed by atoms with Crippen molar-refractivity contribution in [2.24, 2.45) is 0 Å². The van der Waals surface area contributed by atoms with E-state index in [1.54, 1.807) is 33.9 Å². The number of rotatable bonds is 9. The molecule has 0 fully saturated rings. The Labute approximate surface area is 188 Å². The van der Waals surface area contributed by atoms with Gasteiger partial charge in [0.2, 0.25) is 11.8 Å². The maximum atomic E-state index is 12.5. The Morgan fingerprint density at radius 2 is 1.53 bits per heavy atom. The molecule has 3 amide bonds. The fraction of sp³-hybridized carbons (Fsp3) is 0.375. The molecule has 172 valence electrons. The molecule has 0 aliphatic heterocycles. The molecule has 0 aromatic heterocycles. The van der Waals surface area contributed by atoms with E-state index >= 15 is 0 Å². The van der Waals surface area contributed by atoms with Gasteiger partial charge in [0.25, 0.3) is 0 Å². The number of para-hydroxylation sites is 2. The number of hydrogen-bond donors (Lipinski definition) is 3. The molecule has 0 saturated carbocycles. The van der Waals surface area contributed by atoms with E-state index in [4.69, 9.17) is 9.47 Å². The molecule has 0 heterocycles. The minimum absolute atomic E-state index is 0.138. The Balaban J connectivity index is 1.84. The quantitative estimate of drug-likeness (QED) is 0.553. The van der Waals surface area contributed by atoms with Crippen LogP contribution < -0.4 is 20.7 Å². The van der Waals surface area contributed by atoms with Crippen molar-refractivity contribution in [3.8, 4) is 5.75 Å². The molecule has 0 unspecified atom stereocenters. The smallest absolute Gasteiger partial charge is 0.408 e. The van der Waals surface area contributed by atoms with Gasteiger partial charge in [-0.1, -0.05) is 36.4 Å². The zero-order valence-corrected chi connectivity index (χ0v) is 19.0. The first kappa shape index (κ1) is 24.7. The minimum Gasteiger partial charge on any atom is -0.496 e. The van der Waals surface area contributed by atoms with Gasteiger partial charge < -0.3 is 25.4 Å². The fourth-order valence-electron chi connectivity index (χ4n) is 2.89. The van der Waals surface area contributed by atoms with Gasteiger partial charge in [0.1, 0.15) is 17.9 Å². The summed E-state index contributed by atoms with van der Waals surface area (Å²) in [5.74, 6) is 0.248. The average molecular weight is 442 g/mol. The Hall–Kier alpha value is -3.55. The van der Waals surface area contributed by atoms with Gasteiger partial charge in [-0.05, 0) is 50.5 Å². The molecule has 0 radical (unpaired) electrons. The SMILES string of the molecule is COc1ccccc1CCC(=O)Nc1ccccc1CNC(=O)CNC(=O)OC(C)(C)C. The number of aryl methyl sites for hydroxylation is 1. The molecule has 0 aliphatic carbocycles. The zero-order chi connectivity index (χ0) is 23.6. The van der Waals surface area contributed by atoms with Gasteiger partial charge in [-0.15, -0.1) is 0 Å². The number of amides is 3. The van der Waals surface area contributed by atoms with E-state index in [1.807, 2.05) is 42.5 Å². The maximum Gasteiger partial charge on any atom is 0.408 e. The first-order valence-electron chi connectivity index (χ1n) is 10.4. The average Bonchev–Trinajstić information content (AvgIpc) is 2.74. The number of benzene rings is 2. The van der Waals surface area contributed by atoms with Gasteiger partial charge in [0.05, 0.1) is 7.11 Å². The van der Waals surface area contributed by atoms with Crippen molar-refractivity contribution < 1.29 is 23.9 Å². The van der Waals surface area contributed by atoms with Crippen molar-refractivity contribution in [1.82, 2.24) is 10.6 Å². The molecule has 2 rings (SSSR count). The lowest BCUT2D eigenvalue weighted by Crippen LogP contribution is -2.39. The number of nitrogens with one attached hydrogen (secondary N) is 3. The van der Waals surface area contributed by atoms with Gasteiger partial charge >= 0.3 is 6.09 Å². The highest BCUT2D eigenvalue weighted by Crippen LogP contribution is 2.20. The third kappa shape index (κ3) is 8.67. The summed E-state index contributed by atoms with van der Waals surface area (Å²) in [5, 5.41) is 8.03. The van der Waals surface area contributed by atoms with Gasteiger partial charge in [-0.25, -0.2) is 4.79 Å². The summed E-state index contributed by atoms with van der Waals surface area (Å²) in [6.07, 6.45) is 0.182. The molecule has 0 bridgehead atoms. The number of hydrogen-bond acceptors (Lipinski definition) is 5. The van der Waals surface area contributed by atoms with Crippen molar-refractivity contribution in [2.45, 2.75) is 45.8 Å². The van der Waals surface area contributed by atoms with Crippen molar-refractivity contribution in [3.05, 3.63) is 59.7 Å². The van der Waals surface area contributed by atoms with Gasteiger partial charge in [-0.2, -0.15) is 0 Å². The standard InChI is InChI=1S/C24H31N3O5/c1-24(2,3)32-23(30)26-16-22(29)25-15-18-10-5-7-11-19(18)27-21(28)14-13-17-9-6-8-12-20(17)31-4/h5-12H,13-16H2,1-4H3,(H,25,29)(H,26,30)(H,27,28). The Bertz CT molecular complexity index is 937. The van der Waals surface area contributed by atoms with Gasteiger partial charge in [0, 0.05) is 18.7 Å². The van der Waals surface area contributed by atoms with Crippen LogP contribution in [0.4, 0.5) is 10.5 Å². The maximum absolute atomic E-state index is 12.5. The fourth-order valence-corrected chi connectivity index (χ4v) is 2.89. The number of anilines is 1. The Morgan fingerprint density at radius 1 is 0.875 bits per heavy atom. The van der Waals surface area contributed by atoms with Crippen molar-refractivity contribution >= 4 is 23.6 Å². The van der Waals surface area contributed by atoms with E-state index in [-0.39, 0.29) is 24.9 Å². The van der Waals surface area contributed by atoms with Crippen LogP contribution in [0.2, 0.25) is 0 Å². The molecular weight excluding hydrogens is 410 g/mol. The van der Waals surface area contributed by atoms with E-state index < -0.39 is 11.7 Å². The highest BCUT2D eigenvalue weighted by Gasteiger charge is 2.16. The Morgan fingerprint density at radius 3 is 2.22 bits per heavy atom. The second-order valence-electron chi connectivity index (χ2n) is 8.15. The van der Waals surface area contributed by atoms with Crippen LogP contribution in [0.15, 0.2) is 48.5 Å². The second kappa shape index (κ2) is 11.7. The molecule has 0 spiro atoms. The third-order valence-electron chi connectivity index (χ3n) is 4.37. The van der Waals surface area contributed by atoms with Crippen molar-refractivity contribution in [1.29, 1.82) is 0 Å². The normalized spacial score (nSPS) is 10.8. The monoisotopic (exact) mass is 441 g/mol. The van der Waals surface area contributed by atoms with Crippen molar-refractivity contribution in [3.63, 3.8) is 0 Å². The van der Waals surface area contributed by atoms with E-state index in [0.29, 0.717) is 18.5 Å². The number of carbonyl (C=O) groups excluding carboxylic acids is 3. The van der Waals surface area contributed by atoms with Gasteiger partial charge in [-0.3, -0.25) is 9.59 Å². The van der Waals surface area contributed by atoms with E-state index in [9.17, 15) is 14.4 Å². The molecular formula is C24H31N3O5. The second-order valence-corrected chi connectivity index (χ2v) is 8.15. The lowest BCUT2D eigenvalue weighted by atomic mass is 10.1. The number of carbonyl (C=O) groups is 3. The zero-order valence-electron chi connectivity index (χ0n) is 19.0. The first-order chi connectivity index (χ1) is 15.2. The molecule has 32 heavy (non-hydrogen) atoms. The summed E-state index contributed by atoms with van der Waals surface area (Å²) in [5.41, 5.74) is 1.70. The lowest BCUT2D eigenvalue weighted by Gasteiger charge is -2.19. The van der Waals surface area contributed by atoms with Crippen LogP contribution in [-0.2, 0) is 27.3 Å². The van der Waals surface area contributed by atoms with Gasteiger partial charge in [0.15, 0.2) is 0 Å². The summed E-state index contributed by atoms with van der Waals surface area (Å²) >= 11 is 0. The number of ether oxygens (including phenoxy) is 2. The molecule has 8 heteroatoms. The van der Waals surface area contributed by atoms with Crippen LogP contribution in [0.25, 0.3) is 0 Å². The van der Waals surface area contributed by atoms with E-state index in [2.05, 4.69) is 16.0 Å². The van der Waals surface area contributed by atoms with E-state index in [0.717, 1.165) is 16.9 Å². The summed E-state index contributed by atoms with van der Waals surface area (Å²) in [6.45, 7) is 5.23. The first-order valence-corrected chi connectivity index (χ1v) is 10.4. The number of methoxy groups -OCH3 is 1. The van der Waals surface area contributed by atoms with Crippen LogP contribution in [-0.4, -0.2) is 37.2 Å². The highest BCUT2D eigenvalue weighted by atomic mass is 16.6. The Kier molecular flexibility index (Phi) is 9.07. The molecule has 2 aromatic carbocycles. The largest absolute Gasteiger partial charge is 0.496 e. The number of alkyl carbamates (subject to hydrolysis) is 1. The van der Waals surface area contributed by atoms with Crippen LogP contribution >= 0.6 is 0 Å². The third-order valence-corrected chi connectivity index (χ3v) is 4.37. The summed E-state index contributed by atoms with van der Waals surface area (Å²) in [7, 11) is 1.60. The molecule has 0 saturated heterocycles. The predicted octanol–water partition coefficient (Wildman–Crippen LogP) is 3.41. The predicted molar refractivity (Wildman–Crippen MR) is 122 cm³/mol. The summed E-state index contributed by atoms with van der Waals surface area (Å²) in [4.78, 5) is 36.2. The van der Waals surface area contributed by atoms with Crippen LogP contribution in [0.5, 0.6) is 5.75 Å². The highest BCUT2D eigenvalue weighted by molar-refractivity contribution is 5.91. The molecule has 2 aromatic rings.